The number of hydrogen-bond donors (Lipinski definition) is 2. The van der Waals surface area contributed by atoms with Crippen molar-refractivity contribution in [3.8, 4) is 0 Å². The molecule has 11 nitrogen and oxygen atoms in total. The van der Waals surface area contributed by atoms with Gasteiger partial charge in [-0.05, 0) is 128 Å². The fraction of sp³-hybridized carbons (Fsp3) is 0.591. The minimum atomic E-state index is -4.79. The number of aliphatic hydroxyl groups is 1. The molecule has 3 unspecified atom stereocenters. The van der Waals surface area contributed by atoms with Gasteiger partial charge in [-0.1, -0.05) is 212 Å². The van der Waals surface area contributed by atoms with Gasteiger partial charge in [-0.2, -0.15) is 0 Å². The molecule has 440 valence electrons. The first-order chi connectivity index (χ1) is 38.2. The van der Waals surface area contributed by atoms with Crippen molar-refractivity contribution in [1.82, 2.24) is 0 Å². The Morgan fingerprint density at radius 1 is 0.372 bits per heavy atom. The number of allylic oxidation sites excluding steroid dienone is 24. The van der Waals surface area contributed by atoms with Crippen LogP contribution < -0.4 is 0 Å². The van der Waals surface area contributed by atoms with E-state index in [1.807, 2.05) is 12.2 Å². The number of phosphoric acid groups is 1. The van der Waals surface area contributed by atoms with E-state index in [2.05, 4.69) is 154 Å². The second-order valence-corrected chi connectivity index (χ2v) is 20.5. The predicted molar refractivity (Wildman–Crippen MR) is 325 cm³/mol. The zero-order valence-electron chi connectivity index (χ0n) is 48.6. The van der Waals surface area contributed by atoms with E-state index in [1.165, 1.54) is 25.7 Å². The van der Waals surface area contributed by atoms with Crippen LogP contribution >= 0.6 is 7.82 Å². The van der Waals surface area contributed by atoms with Gasteiger partial charge in [0.15, 0.2) is 6.10 Å². The van der Waals surface area contributed by atoms with E-state index < -0.39 is 57.8 Å². The standard InChI is InChI=1S/C66H105O11P/c1-4-7-10-13-16-19-22-25-27-29-31-33-35-38-41-44-47-50-53-56-65(69)76-62(58-67)60-74-78(71,72)75-61-63(59-73-64(68)55-52-49-46-43-40-37-24-21-18-15-12-9-6-3)77-66(70)57-54-51-48-45-42-39-36-34-32-30-28-26-23-20-17-14-11-8-5-2/h8-9,11-12,16-21,25-28,31-34,37,39-40,42,48,51,62-63,67H,4-7,10,13-15,22-24,29-30,35-36,38,41,43-47,49-50,52-61H2,1-3H3,(H,71,72)/b11-8-,12-9-,19-16-,20-17-,21-18-,27-25-,28-26-,33-31-,34-32-,40-37-,42-39-,51-48-. The first-order valence-corrected chi connectivity index (χ1v) is 31.2. The lowest BCUT2D eigenvalue weighted by atomic mass is 10.1. The van der Waals surface area contributed by atoms with Crippen molar-refractivity contribution in [3.05, 3.63) is 146 Å². The zero-order valence-corrected chi connectivity index (χ0v) is 49.5. The average molecular weight is 1110 g/mol. The van der Waals surface area contributed by atoms with Crippen LogP contribution in [-0.4, -0.2) is 66.5 Å². The molecular formula is C66H105O11P. The average Bonchev–Trinajstić information content (AvgIpc) is 3.43. The molecule has 0 spiro atoms. The molecule has 2 N–H and O–H groups in total. The lowest BCUT2D eigenvalue weighted by Crippen LogP contribution is -2.30. The Morgan fingerprint density at radius 3 is 1.12 bits per heavy atom. The van der Waals surface area contributed by atoms with Gasteiger partial charge in [-0.3, -0.25) is 23.4 Å². The largest absolute Gasteiger partial charge is 0.472 e. The first kappa shape index (κ1) is 73.4. The van der Waals surface area contributed by atoms with E-state index >= 15 is 0 Å². The van der Waals surface area contributed by atoms with Gasteiger partial charge in [0.1, 0.15) is 12.7 Å². The number of hydrogen-bond acceptors (Lipinski definition) is 10. The van der Waals surface area contributed by atoms with Crippen molar-refractivity contribution in [1.29, 1.82) is 0 Å². The topological polar surface area (TPSA) is 155 Å². The second kappa shape index (κ2) is 58.5. The van der Waals surface area contributed by atoms with Crippen molar-refractivity contribution < 1.29 is 52.2 Å². The van der Waals surface area contributed by atoms with E-state index in [4.69, 9.17) is 23.3 Å². The van der Waals surface area contributed by atoms with Gasteiger partial charge in [0.25, 0.3) is 0 Å². The monoisotopic (exact) mass is 1100 g/mol. The third-order valence-corrected chi connectivity index (χ3v) is 12.7. The summed E-state index contributed by atoms with van der Waals surface area (Å²) in [5.74, 6) is -1.63. The molecule has 12 heteroatoms. The van der Waals surface area contributed by atoms with Crippen molar-refractivity contribution >= 4 is 25.7 Å². The molecule has 0 saturated heterocycles. The number of carbonyl (C=O) groups is 3. The van der Waals surface area contributed by atoms with Gasteiger partial charge >= 0.3 is 25.7 Å². The number of phosphoric ester groups is 1. The first-order valence-electron chi connectivity index (χ1n) is 29.7. The fourth-order valence-corrected chi connectivity index (χ4v) is 8.07. The van der Waals surface area contributed by atoms with Crippen molar-refractivity contribution in [3.63, 3.8) is 0 Å². The summed E-state index contributed by atoms with van der Waals surface area (Å²) in [7, 11) is -4.79. The molecule has 0 rings (SSSR count). The van der Waals surface area contributed by atoms with Crippen LogP contribution in [-0.2, 0) is 42.2 Å². The quantitative estimate of drug-likeness (QED) is 0.0197. The summed E-state index contributed by atoms with van der Waals surface area (Å²) in [5.41, 5.74) is 0. The Labute approximate surface area is 473 Å². The Hall–Kier alpha value is -4.64. The molecule has 3 atom stereocenters. The van der Waals surface area contributed by atoms with Crippen molar-refractivity contribution in [2.45, 2.75) is 226 Å². The Kier molecular flexibility index (Phi) is 55.0. The molecule has 0 amide bonds. The molecule has 0 bridgehead atoms. The van der Waals surface area contributed by atoms with Gasteiger partial charge in [0.2, 0.25) is 0 Å². The molecule has 0 aromatic carbocycles. The van der Waals surface area contributed by atoms with Crippen LogP contribution in [0.15, 0.2) is 146 Å². The third kappa shape index (κ3) is 56.1. The highest BCUT2D eigenvalue weighted by atomic mass is 31.2. The minimum absolute atomic E-state index is 0.0266. The Balaban J connectivity index is 4.84. The lowest BCUT2D eigenvalue weighted by Gasteiger charge is -2.21. The Morgan fingerprint density at radius 2 is 0.692 bits per heavy atom. The van der Waals surface area contributed by atoms with Crippen LogP contribution in [0, 0.1) is 0 Å². The summed E-state index contributed by atoms with van der Waals surface area (Å²) >= 11 is 0. The molecule has 0 radical (unpaired) electrons. The molecule has 0 aliphatic heterocycles. The fourth-order valence-electron chi connectivity index (χ4n) is 7.28. The van der Waals surface area contributed by atoms with Gasteiger partial charge in [0.05, 0.1) is 19.8 Å². The van der Waals surface area contributed by atoms with Gasteiger partial charge in [0, 0.05) is 19.3 Å². The molecule has 0 aliphatic carbocycles. The molecule has 0 heterocycles. The third-order valence-electron chi connectivity index (χ3n) is 11.7. The molecule has 0 aromatic rings. The second-order valence-electron chi connectivity index (χ2n) is 19.0. The minimum Gasteiger partial charge on any atom is -0.462 e. The number of carbonyl (C=O) groups excluding carboxylic acids is 3. The number of unbranched alkanes of at least 4 members (excludes halogenated alkanes) is 12. The summed E-state index contributed by atoms with van der Waals surface area (Å²) in [5, 5.41) is 9.83. The van der Waals surface area contributed by atoms with E-state index in [-0.39, 0.29) is 25.9 Å². The summed E-state index contributed by atoms with van der Waals surface area (Å²) in [6.07, 6.45) is 75.4. The van der Waals surface area contributed by atoms with Crippen LogP contribution in [0.2, 0.25) is 0 Å². The highest BCUT2D eigenvalue weighted by molar-refractivity contribution is 7.47. The molecule has 0 saturated carbocycles. The molecule has 0 aliphatic rings. The molecule has 0 aromatic heterocycles. The van der Waals surface area contributed by atoms with E-state index in [0.29, 0.717) is 25.7 Å². The van der Waals surface area contributed by atoms with Crippen LogP contribution in [0.25, 0.3) is 0 Å². The summed E-state index contributed by atoms with van der Waals surface area (Å²) in [6, 6.07) is 0. The summed E-state index contributed by atoms with van der Waals surface area (Å²) < 4.78 is 39.4. The predicted octanol–water partition coefficient (Wildman–Crippen LogP) is 17.9. The molecule has 0 fully saturated rings. The normalized spacial score (nSPS) is 14.4. The SMILES string of the molecule is CC/C=C\C/C=C\C/C=C\C/C=C\C/C=C\C/C=C\CCC(=O)OC(COC(=O)CCCCC/C=C\C/C=C\C/C=C\CC)COP(=O)(O)OCC(CO)OC(=O)CCCCCCCC/C=C\C/C=C\C/C=C\CCCCC. The smallest absolute Gasteiger partial charge is 0.462 e. The number of esters is 3. The zero-order chi connectivity index (χ0) is 56.9. The number of aliphatic hydroxyl groups excluding tert-OH is 1. The van der Waals surface area contributed by atoms with Crippen LogP contribution in [0.1, 0.15) is 213 Å². The van der Waals surface area contributed by atoms with Gasteiger partial charge in [-0.15, -0.1) is 0 Å². The van der Waals surface area contributed by atoms with Gasteiger partial charge < -0.3 is 24.2 Å². The molecular weight excluding hydrogens is 1000 g/mol. The van der Waals surface area contributed by atoms with Gasteiger partial charge in [-0.25, -0.2) is 4.57 Å². The van der Waals surface area contributed by atoms with E-state index in [0.717, 1.165) is 122 Å². The van der Waals surface area contributed by atoms with Crippen LogP contribution in [0.3, 0.4) is 0 Å². The summed E-state index contributed by atoms with van der Waals surface area (Å²) in [6.45, 7) is 4.23. The maximum absolute atomic E-state index is 12.9. The molecule has 78 heavy (non-hydrogen) atoms. The number of ether oxygens (including phenoxy) is 3. The summed E-state index contributed by atoms with van der Waals surface area (Å²) in [4.78, 5) is 48.6. The number of rotatable bonds is 53. The van der Waals surface area contributed by atoms with E-state index in [9.17, 15) is 28.9 Å². The highest BCUT2D eigenvalue weighted by Gasteiger charge is 2.28. The lowest BCUT2D eigenvalue weighted by molar-refractivity contribution is -0.161. The van der Waals surface area contributed by atoms with E-state index in [1.54, 1.807) is 0 Å². The highest BCUT2D eigenvalue weighted by Crippen LogP contribution is 2.43. The van der Waals surface area contributed by atoms with Crippen LogP contribution in [0.4, 0.5) is 0 Å². The van der Waals surface area contributed by atoms with Crippen molar-refractivity contribution in [2.75, 3.05) is 26.4 Å². The van der Waals surface area contributed by atoms with Crippen molar-refractivity contribution in [2.24, 2.45) is 0 Å². The van der Waals surface area contributed by atoms with Crippen LogP contribution in [0.5, 0.6) is 0 Å². The maximum Gasteiger partial charge on any atom is 0.472 e. The maximum atomic E-state index is 12.9. The Bertz CT molecular complexity index is 1860.